The Labute approximate surface area is 59.9 Å². The topological polar surface area (TPSA) is 52.3 Å². The van der Waals surface area contributed by atoms with E-state index in [1.807, 2.05) is 0 Å². The predicted octanol–water partition coefficient (Wildman–Crippen LogP) is -0.322. The summed E-state index contributed by atoms with van der Waals surface area (Å²) in [5.41, 5.74) is 5.07. The van der Waals surface area contributed by atoms with Gasteiger partial charge < -0.3 is 10.5 Å². The van der Waals surface area contributed by atoms with Gasteiger partial charge in [0, 0.05) is 12.6 Å². The van der Waals surface area contributed by atoms with Crippen LogP contribution in [0.15, 0.2) is 12.2 Å². The molecule has 0 aliphatic heterocycles. The average molecular weight is 139 g/mol. The minimum absolute atomic E-state index is 0.00768. The zero-order chi connectivity index (χ0) is 7.82. The van der Waals surface area contributed by atoms with Crippen LogP contribution in [0, 0.1) is 12.3 Å². The molecule has 0 aromatic rings. The molecule has 3 heteroatoms. The van der Waals surface area contributed by atoms with Gasteiger partial charge in [-0.15, -0.1) is 6.42 Å². The lowest BCUT2D eigenvalue weighted by Gasteiger charge is -1.92. The third-order valence-corrected chi connectivity index (χ3v) is 0.688. The maximum Gasteiger partial charge on any atom is 0.331 e. The van der Waals surface area contributed by atoms with Crippen molar-refractivity contribution in [2.24, 2.45) is 5.73 Å². The molecule has 0 aliphatic carbocycles. The van der Waals surface area contributed by atoms with Crippen LogP contribution in [0.4, 0.5) is 0 Å². The van der Waals surface area contributed by atoms with E-state index in [9.17, 15) is 4.79 Å². The number of esters is 1. The number of nitrogens with two attached hydrogens (primary N) is 1. The monoisotopic (exact) mass is 139 g/mol. The van der Waals surface area contributed by atoms with Crippen molar-refractivity contribution in [2.75, 3.05) is 13.2 Å². The normalized spacial score (nSPS) is 9.20. The molecule has 0 unspecified atom stereocenters. The summed E-state index contributed by atoms with van der Waals surface area (Å²) in [6.07, 6.45) is 7.58. The highest BCUT2D eigenvalue weighted by atomic mass is 16.5. The Morgan fingerprint density at radius 3 is 3.00 bits per heavy atom. The minimum Gasteiger partial charge on any atom is -0.449 e. The average Bonchev–Trinajstić information content (AvgIpc) is 1.97. The lowest BCUT2D eigenvalue weighted by Crippen LogP contribution is -2.02. The zero-order valence-electron chi connectivity index (χ0n) is 5.54. The lowest BCUT2D eigenvalue weighted by molar-refractivity contribution is -0.136. The van der Waals surface area contributed by atoms with Crippen LogP contribution in [0.2, 0.25) is 0 Å². The van der Waals surface area contributed by atoms with Crippen molar-refractivity contribution in [1.82, 2.24) is 0 Å². The van der Waals surface area contributed by atoms with Gasteiger partial charge in [-0.1, -0.05) is 12.0 Å². The number of terminal acetylenes is 1. The van der Waals surface area contributed by atoms with E-state index >= 15 is 0 Å². The summed E-state index contributed by atoms with van der Waals surface area (Å²) >= 11 is 0. The number of hydrogen-bond acceptors (Lipinski definition) is 3. The molecule has 10 heavy (non-hydrogen) atoms. The fourth-order valence-corrected chi connectivity index (χ4v) is 0.325. The summed E-state index contributed by atoms with van der Waals surface area (Å²) in [5.74, 6) is 1.71. The molecule has 0 saturated carbocycles. The highest BCUT2D eigenvalue weighted by molar-refractivity contribution is 5.81. The van der Waals surface area contributed by atoms with Gasteiger partial charge in [0.15, 0.2) is 6.61 Å². The quantitative estimate of drug-likeness (QED) is 0.331. The molecule has 54 valence electrons. The highest BCUT2D eigenvalue weighted by Crippen LogP contribution is 1.78. The van der Waals surface area contributed by atoms with Crippen molar-refractivity contribution in [1.29, 1.82) is 0 Å². The molecule has 0 amide bonds. The van der Waals surface area contributed by atoms with E-state index in [4.69, 9.17) is 12.2 Å². The molecule has 0 aromatic heterocycles. The van der Waals surface area contributed by atoms with E-state index < -0.39 is 5.97 Å². The summed E-state index contributed by atoms with van der Waals surface area (Å²) in [6.45, 7) is 0.332. The van der Waals surface area contributed by atoms with Crippen molar-refractivity contribution >= 4 is 5.97 Å². The van der Waals surface area contributed by atoms with Crippen molar-refractivity contribution < 1.29 is 9.53 Å². The van der Waals surface area contributed by atoms with Gasteiger partial charge in [0.05, 0.1) is 0 Å². The summed E-state index contributed by atoms with van der Waals surface area (Å²) in [6, 6.07) is 0. The van der Waals surface area contributed by atoms with Gasteiger partial charge in [-0.2, -0.15) is 0 Å². The number of ether oxygens (including phenoxy) is 1. The van der Waals surface area contributed by atoms with Crippen molar-refractivity contribution in [3.63, 3.8) is 0 Å². The van der Waals surface area contributed by atoms with E-state index in [0.29, 0.717) is 6.54 Å². The summed E-state index contributed by atoms with van der Waals surface area (Å²) < 4.78 is 4.48. The first-order chi connectivity index (χ1) is 4.81. The fraction of sp³-hybridized carbons (Fsp3) is 0.286. The Morgan fingerprint density at radius 1 is 1.80 bits per heavy atom. The van der Waals surface area contributed by atoms with Crippen molar-refractivity contribution in [3.05, 3.63) is 12.2 Å². The Balaban J connectivity index is 3.46. The van der Waals surface area contributed by atoms with E-state index in [-0.39, 0.29) is 6.61 Å². The molecular weight excluding hydrogens is 130 g/mol. The Morgan fingerprint density at radius 2 is 2.50 bits per heavy atom. The molecule has 0 heterocycles. The van der Waals surface area contributed by atoms with Gasteiger partial charge in [-0.25, -0.2) is 4.79 Å². The van der Waals surface area contributed by atoms with E-state index in [1.165, 1.54) is 12.2 Å². The van der Waals surface area contributed by atoms with Gasteiger partial charge in [0.25, 0.3) is 0 Å². The smallest absolute Gasteiger partial charge is 0.331 e. The van der Waals surface area contributed by atoms with Crippen molar-refractivity contribution in [3.8, 4) is 12.3 Å². The second-order valence-electron chi connectivity index (χ2n) is 1.45. The summed E-state index contributed by atoms with van der Waals surface area (Å²) in [5, 5.41) is 0. The first-order valence-electron chi connectivity index (χ1n) is 2.78. The molecule has 0 aliphatic rings. The van der Waals surface area contributed by atoms with Crippen LogP contribution in [0.1, 0.15) is 0 Å². The molecule has 0 aromatic carbocycles. The second-order valence-corrected chi connectivity index (χ2v) is 1.45. The van der Waals surface area contributed by atoms with Gasteiger partial charge in [0.1, 0.15) is 0 Å². The molecule has 0 atom stereocenters. The van der Waals surface area contributed by atoms with Crippen LogP contribution in [0.3, 0.4) is 0 Å². The van der Waals surface area contributed by atoms with Gasteiger partial charge in [-0.3, -0.25) is 0 Å². The Hall–Kier alpha value is -1.27. The lowest BCUT2D eigenvalue weighted by atomic mass is 10.5. The number of hydrogen-bond donors (Lipinski definition) is 1. The van der Waals surface area contributed by atoms with Gasteiger partial charge in [0.2, 0.25) is 0 Å². The molecule has 0 saturated heterocycles. The molecule has 0 radical (unpaired) electrons. The molecular formula is C7H9NO2. The third kappa shape index (κ3) is 4.88. The van der Waals surface area contributed by atoms with E-state index in [0.717, 1.165) is 0 Å². The first-order valence-corrected chi connectivity index (χ1v) is 2.78. The van der Waals surface area contributed by atoms with E-state index in [2.05, 4.69) is 10.7 Å². The zero-order valence-corrected chi connectivity index (χ0v) is 5.54. The second kappa shape index (κ2) is 5.86. The van der Waals surface area contributed by atoms with Crippen LogP contribution in [-0.4, -0.2) is 19.1 Å². The maximum absolute atomic E-state index is 10.5. The molecule has 0 fully saturated rings. The minimum atomic E-state index is -0.455. The number of carbonyl (C=O) groups is 1. The fourth-order valence-electron chi connectivity index (χ4n) is 0.325. The van der Waals surface area contributed by atoms with Gasteiger partial charge in [-0.05, 0) is 0 Å². The van der Waals surface area contributed by atoms with Crippen molar-refractivity contribution in [2.45, 2.75) is 0 Å². The Bertz CT molecular complexity index is 167. The standard InChI is InChI=1S/C7H9NO2/c1-2-6-10-7(9)4-3-5-8/h1,3-4H,5-6,8H2/b4-3+. The molecule has 0 bridgehead atoms. The third-order valence-electron chi connectivity index (χ3n) is 0.688. The van der Waals surface area contributed by atoms with Gasteiger partial charge >= 0.3 is 5.97 Å². The predicted molar refractivity (Wildman–Crippen MR) is 38.0 cm³/mol. The molecule has 0 spiro atoms. The van der Waals surface area contributed by atoms with Crippen LogP contribution in [0.25, 0.3) is 0 Å². The molecule has 2 N–H and O–H groups in total. The first kappa shape index (κ1) is 8.73. The highest BCUT2D eigenvalue weighted by Gasteiger charge is 1.90. The van der Waals surface area contributed by atoms with Crippen LogP contribution >= 0.6 is 0 Å². The largest absolute Gasteiger partial charge is 0.449 e. The summed E-state index contributed by atoms with van der Waals surface area (Å²) in [7, 11) is 0. The maximum atomic E-state index is 10.5. The molecule has 0 rings (SSSR count). The molecule has 3 nitrogen and oxygen atoms in total. The van der Waals surface area contributed by atoms with E-state index in [1.54, 1.807) is 0 Å². The number of rotatable bonds is 3. The van der Waals surface area contributed by atoms with Crippen LogP contribution in [-0.2, 0) is 9.53 Å². The SMILES string of the molecule is C#CCOC(=O)/C=C/CN. The van der Waals surface area contributed by atoms with Crippen LogP contribution in [0.5, 0.6) is 0 Å². The van der Waals surface area contributed by atoms with Crippen LogP contribution < -0.4 is 5.73 Å². The summed E-state index contributed by atoms with van der Waals surface area (Å²) in [4.78, 5) is 10.5. The number of carbonyl (C=O) groups excluding carboxylic acids is 1. The Kier molecular flexibility index (Phi) is 5.12.